The maximum Gasteiger partial charge on any atom is 0.255 e. The molecule has 0 bridgehead atoms. The molecule has 0 saturated heterocycles. The Morgan fingerprint density at radius 3 is 2.55 bits per heavy atom. The lowest BCUT2D eigenvalue weighted by Gasteiger charge is -2.19. The minimum atomic E-state index is -0.154. The normalized spacial score (nSPS) is 10.3. The maximum atomic E-state index is 12.3. The van der Waals surface area contributed by atoms with E-state index in [1.54, 1.807) is 48.3 Å². The van der Waals surface area contributed by atoms with Gasteiger partial charge in [-0.2, -0.15) is 0 Å². The van der Waals surface area contributed by atoms with Crippen LogP contribution in [-0.4, -0.2) is 17.9 Å². The van der Waals surface area contributed by atoms with E-state index in [0.29, 0.717) is 27.8 Å². The zero-order chi connectivity index (χ0) is 14.7. The monoisotopic (exact) mass is 308 g/mol. The Morgan fingerprint density at radius 2 is 1.85 bits per heavy atom. The van der Waals surface area contributed by atoms with Crippen molar-refractivity contribution < 1.29 is 4.79 Å². The first-order chi connectivity index (χ1) is 9.50. The highest BCUT2D eigenvalue weighted by Gasteiger charge is 2.16. The molecule has 1 amide bonds. The number of anilines is 1. The van der Waals surface area contributed by atoms with Crippen molar-refractivity contribution in [2.45, 2.75) is 6.54 Å². The van der Waals surface area contributed by atoms with E-state index < -0.39 is 0 Å². The van der Waals surface area contributed by atoms with Crippen LogP contribution >= 0.6 is 23.2 Å². The molecule has 0 aromatic heterocycles. The molecule has 0 atom stereocenters. The summed E-state index contributed by atoms with van der Waals surface area (Å²) in [5.41, 5.74) is 7.55. The van der Waals surface area contributed by atoms with Crippen LogP contribution in [0.1, 0.15) is 15.9 Å². The summed E-state index contributed by atoms with van der Waals surface area (Å²) >= 11 is 12.1. The zero-order valence-corrected chi connectivity index (χ0v) is 12.4. The van der Waals surface area contributed by atoms with Gasteiger partial charge in [-0.1, -0.05) is 47.5 Å². The van der Waals surface area contributed by atoms with Gasteiger partial charge in [0.1, 0.15) is 0 Å². The summed E-state index contributed by atoms with van der Waals surface area (Å²) in [6, 6.07) is 12.3. The molecule has 5 heteroatoms. The Hall–Kier alpha value is -1.71. The van der Waals surface area contributed by atoms with Gasteiger partial charge in [0.2, 0.25) is 0 Å². The summed E-state index contributed by atoms with van der Waals surface area (Å²) < 4.78 is 0. The van der Waals surface area contributed by atoms with Crippen LogP contribution in [0.4, 0.5) is 5.69 Å². The first-order valence-electron chi connectivity index (χ1n) is 6.03. The predicted octanol–water partition coefficient (Wildman–Crippen LogP) is 3.85. The molecular weight excluding hydrogens is 295 g/mol. The number of amides is 1. The van der Waals surface area contributed by atoms with Crippen molar-refractivity contribution in [2.24, 2.45) is 0 Å². The summed E-state index contributed by atoms with van der Waals surface area (Å²) in [5, 5.41) is 0.944. The molecular formula is C15H14Cl2N2O. The van der Waals surface area contributed by atoms with Gasteiger partial charge < -0.3 is 10.6 Å². The molecule has 104 valence electrons. The van der Waals surface area contributed by atoms with Crippen LogP contribution in [0.2, 0.25) is 10.0 Å². The fourth-order valence-corrected chi connectivity index (χ4v) is 2.28. The molecule has 0 spiro atoms. The van der Waals surface area contributed by atoms with Gasteiger partial charge in [0, 0.05) is 19.3 Å². The van der Waals surface area contributed by atoms with Gasteiger partial charge >= 0.3 is 0 Å². The topological polar surface area (TPSA) is 46.3 Å². The SMILES string of the molecule is CN(Cc1cccc(Cl)c1Cl)C(=O)c1ccccc1N. The van der Waals surface area contributed by atoms with E-state index in [4.69, 9.17) is 28.9 Å². The number of nitrogens with zero attached hydrogens (tertiary/aromatic N) is 1. The average molecular weight is 309 g/mol. The quantitative estimate of drug-likeness (QED) is 0.875. The molecule has 2 rings (SSSR count). The smallest absolute Gasteiger partial charge is 0.255 e. The third-order valence-corrected chi connectivity index (χ3v) is 3.84. The van der Waals surface area contributed by atoms with E-state index in [1.165, 1.54) is 0 Å². The highest BCUT2D eigenvalue weighted by atomic mass is 35.5. The fraction of sp³-hybridized carbons (Fsp3) is 0.133. The molecule has 0 fully saturated rings. The second-order valence-corrected chi connectivity index (χ2v) is 5.25. The Bertz CT molecular complexity index is 644. The van der Waals surface area contributed by atoms with Gasteiger partial charge in [-0.15, -0.1) is 0 Å². The van der Waals surface area contributed by atoms with E-state index in [2.05, 4.69) is 0 Å². The number of hydrogen-bond acceptors (Lipinski definition) is 2. The first kappa shape index (κ1) is 14.7. The molecule has 0 aliphatic carbocycles. The number of carbonyl (C=O) groups excluding carboxylic acids is 1. The van der Waals surface area contributed by atoms with Crippen molar-refractivity contribution in [3.05, 3.63) is 63.6 Å². The first-order valence-corrected chi connectivity index (χ1v) is 6.79. The molecule has 2 aromatic carbocycles. The van der Waals surface area contributed by atoms with Crippen LogP contribution in [0.25, 0.3) is 0 Å². The number of benzene rings is 2. The number of rotatable bonds is 3. The summed E-state index contributed by atoms with van der Waals surface area (Å²) in [4.78, 5) is 13.9. The molecule has 0 aliphatic heterocycles. The van der Waals surface area contributed by atoms with Crippen molar-refractivity contribution in [1.29, 1.82) is 0 Å². The van der Waals surface area contributed by atoms with Gasteiger partial charge in [-0.05, 0) is 23.8 Å². The summed E-state index contributed by atoms with van der Waals surface area (Å²) in [5.74, 6) is -0.154. The Labute approximate surface area is 127 Å². The molecule has 20 heavy (non-hydrogen) atoms. The molecule has 2 N–H and O–H groups in total. The molecule has 0 radical (unpaired) electrons. The van der Waals surface area contributed by atoms with Gasteiger partial charge in [0.25, 0.3) is 5.91 Å². The molecule has 0 saturated carbocycles. The largest absolute Gasteiger partial charge is 0.398 e. The van der Waals surface area contributed by atoms with E-state index >= 15 is 0 Å². The molecule has 0 unspecified atom stereocenters. The van der Waals surface area contributed by atoms with Gasteiger partial charge in [0.05, 0.1) is 15.6 Å². The Balaban J connectivity index is 2.20. The number of carbonyl (C=O) groups is 1. The molecule has 0 aliphatic rings. The standard InChI is InChI=1S/C15H14Cl2N2O/c1-19(9-10-5-4-7-12(16)14(10)17)15(20)11-6-2-3-8-13(11)18/h2-8H,9,18H2,1H3. The van der Waals surface area contributed by atoms with Crippen LogP contribution in [0.15, 0.2) is 42.5 Å². The number of para-hydroxylation sites is 1. The van der Waals surface area contributed by atoms with Crippen molar-refractivity contribution >= 4 is 34.8 Å². The van der Waals surface area contributed by atoms with Crippen molar-refractivity contribution in [1.82, 2.24) is 4.90 Å². The Morgan fingerprint density at radius 1 is 1.15 bits per heavy atom. The van der Waals surface area contributed by atoms with Crippen LogP contribution in [-0.2, 0) is 6.54 Å². The minimum Gasteiger partial charge on any atom is -0.398 e. The second-order valence-electron chi connectivity index (χ2n) is 4.46. The van der Waals surface area contributed by atoms with Gasteiger partial charge in [0.15, 0.2) is 0 Å². The third kappa shape index (κ3) is 3.06. The lowest BCUT2D eigenvalue weighted by Crippen LogP contribution is -2.27. The highest BCUT2D eigenvalue weighted by molar-refractivity contribution is 6.42. The van der Waals surface area contributed by atoms with Crippen LogP contribution < -0.4 is 5.73 Å². The zero-order valence-electron chi connectivity index (χ0n) is 10.9. The lowest BCUT2D eigenvalue weighted by molar-refractivity contribution is 0.0786. The van der Waals surface area contributed by atoms with Crippen molar-refractivity contribution in [2.75, 3.05) is 12.8 Å². The second kappa shape index (κ2) is 6.16. The number of halogens is 2. The average Bonchev–Trinajstić information content (AvgIpc) is 2.43. The number of nitrogens with two attached hydrogens (primary N) is 1. The van der Waals surface area contributed by atoms with Crippen LogP contribution in [0.3, 0.4) is 0 Å². The Kier molecular flexibility index (Phi) is 4.53. The van der Waals surface area contributed by atoms with Crippen LogP contribution in [0, 0.1) is 0 Å². The van der Waals surface area contributed by atoms with Gasteiger partial charge in [-0.3, -0.25) is 4.79 Å². The summed E-state index contributed by atoms with van der Waals surface area (Å²) in [6.07, 6.45) is 0. The minimum absolute atomic E-state index is 0.154. The van der Waals surface area contributed by atoms with E-state index in [1.807, 2.05) is 6.07 Å². The summed E-state index contributed by atoms with van der Waals surface area (Å²) in [7, 11) is 1.70. The number of nitrogen functional groups attached to an aromatic ring is 1. The van der Waals surface area contributed by atoms with E-state index in [-0.39, 0.29) is 5.91 Å². The third-order valence-electron chi connectivity index (χ3n) is 2.98. The summed E-state index contributed by atoms with van der Waals surface area (Å²) in [6.45, 7) is 0.368. The van der Waals surface area contributed by atoms with Gasteiger partial charge in [-0.25, -0.2) is 0 Å². The number of hydrogen-bond donors (Lipinski definition) is 1. The fourth-order valence-electron chi connectivity index (χ4n) is 1.90. The predicted molar refractivity (Wildman–Crippen MR) is 83.1 cm³/mol. The van der Waals surface area contributed by atoms with Crippen molar-refractivity contribution in [3.63, 3.8) is 0 Å². The molecule has 0 heterocycles. The molecule has 3 nitrogen and oxygen atoms in total. The maximum absolute atomic E-state index is 12.3. The van der Waals surface area contributed by atoms with Crippen LogP contribution in [0.5, 0.6) is 0 Å². The van der Waals surface area contributed by atoms with E-state index in [9.17, 15) is 4.79 Å². The van der Waals surface area contributed by atoms with Crippen molar-refractivity contribution in [3.8, 4) is 0 Å². The highest BCUT2D eigenvalue weighted by Crippen LogP contribution is 2.26. The lowest BCUT2D eigenvalue weighted by atomic mass is 10.1. The van der Waals surface area contributed by atoms with E-state index in [0.717, 1.165) is 5.56 Å². The molecule has 2 aromatic rings.